The molecule has 2 aromatic rings. The molecule has 0 saturated carbocycles. The zero-order chi connectivity index (χ0) is 31.0. The Morgan fingerprint density at radius 3 is 2.12 bits per heavy atom. The van der Waals surface area contributed by atoms with Crippen molar-refractivity contribution in [2.45, 2.75) is 59.0 Å². The molecule has 0 fully saturated rings. The number of hydrogen-bond acceptors (Lipinski definition) is 4. The summed E-state index contributed by atoms with van der Waals surface area (Å²) in [5.41, 5.74) is 0.772. The molecule has 0 heterocycles. The van der Waals surface area contributed by atoms with Gasteiger partial charge in [0.05, 0.1) is 16.1 Å². The van der Waals surface area contributed by atoms with Crippen LogP contribution in [0, 0.1) is 11.3 Å². The fourth-order valence-electron chi connectivity index (χ4n) is 3.62. The third kappa shape index (κ3) is 10.6. The fraction of sp³-hybridized carbons (Fsp3) is 0.400. The van der Waals surface area contributed by atoms with E-state index in [1.807, 2.05) is 0 Å². The summed E-state index contributed by atoms with van der Waals surface area (Å²) in [5, 5.41) is 7.66. The van der Waals surface area contributed by atoms with Crippen molar-refractivity contribution in [1.82, 2.24) is 16.0 Å². The molecule has 41 heavy (non-hydrogen) atoms. The van der Waals surface area contributed by atoms with Gasteiger partial charge in [-0.15, -0.1) is 0 Å². The van der Waals surface area contributed by atoms with Crippen LogP contribution in [0.2, 0.25) is 10.0 Å². The van der Waals surface area contributed by atoms with Gasteiger partial charge in [0.1, 0.15) is 6.04 Å². The largest absolute Gasteiger partial charge is 0.383 e. The second kappa shape index (κ2) is 14.5. The molecule has 2 unspecified atom stereocenters. The molecule has 11 heteroatoms. The van der Waals surface area contributed by atoms with Crippen LogP contribution in [0.15, 0.2) is 54.6 Å². The van der Waals surface area contributed by atoms with Crippen molar-refractivity contribution in [3.63, 3.8) is 0 Å². The van der Waals surface area contributed by atoms with Gasteiger partial charge < -0.3 is 16.0 Å². The first-order valence-corrected chi connectivity index (χ1v) is 13.7. The van der Waals surface area contributed by atoms with Gasteiger partial charge in [0.25, 0.3) is 5.91 Å². The summed E-state index contributed by atoms with van der Waals surface area (Å²) in [7, 11) is 0. The predicted octanol–water partition coefficient (Wildman–Crippen LogP) is 5.24. The number of alkyl halides is 2. The van der Waals surface area contributed by atoms with E-state index in [9.17, 15) is 28.0 Å². The Labute approximate surface area is 249 Å². The Hall–Kier alpha value is -3.30. The zero-order valence-corrected chi connectivity index (χ0v) is 25.1. The number of hydrogen-bond donors (Lipinski definition) is 3. The van der Waals surface area contributed by atoms with Crippen molar-refractivity contribution in [2.24, 2.45) is 11.3 Å². The van der Waals surface area contributed by atoms with E-state index in [-0.39, 0.29) is 13.0 Å². The van der Waals surface area contributed by atoms with Crippen LogP contribution in [-0.4, -0.2) is 48.1 Å². The Balaban J connectivity index is 2.25. The second-order valence-electron chi connectivity index (χ2n) is 11.2. The van der Waals surface area contributed by atoms with Crippen molar-refractivity contribution < 1.29 is 28.0 Å². The first-order valence-electron chi connectivity index (χ1n) is 13.0. The van der Waals surface area contributed by atoms with Gasteiger partial charge >= 0.3 is 5.92 Å². The highest BCUT2D eigenvalue weighted by Gasteiger charge is 2.51. The van der Waals surface area contributed by atoms with Crippen LogP contribution in [-0.2, 0) is 25.6 Å². The molecule has 0 radical (unpaired) electrons. The smallest absolute Gasteiger partial charge is 0.350 e. The summed E-state index contributed by atoms with van der Waals surface area (Å²) >= 11 is 11.9. The molecule has 3 amide bonds. The van der Waals surface area contributed by atoms with Gasteiger partial charge in [0.2, 0.25) is 17.6 Å². The van der Waals surface area contributed by atoms with E-state index in [1.165, 1.54) is 26.0 Å². The minimum atomic E-state index is -4.38. The van der Waals surface area contributed by atoms with Crippen molar-refractivity contribution in [3.8, 4) is 0 Å². The molecule has 0 saturated heterocycles. The topological polar surface area (TPSA) is 104 Å². The van der Waals surface area contributed by atoms with E-state index >= 15 is 0 Å². The summed E-state index contributed by atoms with van der Waals surface area (Å²) < 4.78 is 29.8. The van der Waals surface area contributed by atoms with Gasteiger partial charge in [-0.2, -0.15) is 8.78 Å². The van der Waals surface area contributed by atoms with Crippen LogP contribution in [0.4, 0.5) is 8.78 Å². The van der Waals surface area contributed by atoms with Crippen molar-refractivity contribution >= 4 is 52.8 Å². The summed E-state index contributed by atoms with van der Waals surface area (Å²) in [5.74, 6) is -10.1. The molecule has 0 bridgehead atoms. The third-order valence-electron chi connectivity index (χ3n) is 5.91. The number of ketones is 1. The van der Waals surface area contributed by atoms with E-state index in [4.69, 9.17) is 23.2 Å². The lowest BCUT2D eigenvalue weighted by molar-refractivity contribution is -0.161. The van der Waals surface area contributed by atoms with Crippen LogP contribution in [0.1, 0.15) is 45.7 Å². The SMILES string of the molecule is CC(C)C(NC(=O)C(Cc1ccccc1)NC(=O)/C=C/c1ccc(Cl)c(Cl)c1)C(=O)C(F)(F)C(=O)NCC(C)(C)C. The first-order chi connectivity index (χ1) is 19.0. The number of nitrogens with one attached hydrogen (secondary N) is 3. The first kappa shape index (κ1) is 33.9. The van der Waals surface area contributed by atoms with E-state index in [0.29, 0.717) is 21.2 Å². The van der Waals surface area contributed by atoms with Gasteiger partial charge in [-0.3, -0.25) is 19.2 Å². The van der Waals surface area contributed by atoms with Crippen LogP contribution in [0.5, 0.6) is 0 Å². The lowest BCUT2D eigenvalue weighted by Crippen LogP contribution is -2.59. The van der Waals surface area contributed by atoms with Crippen molar-refractivity contribution in [1.29, 1.82) is 0 Å². The maximum atomic E-state index is 14.9. The van der Waals surface area contributed by atoms with Crippen LogP contribution in [0.3, 0.4) is 0 Å². The number of rotatable bonds is 12. The molecule has 2 rings (SSSR count). The molecule has 0 spiro atoms. The number of Topliss-reactive ketones (excluding diaryl/α,β-unsaturated/α-hetero) is 1. The average Bonchev–Trinajstić information content (AvgIpc) is 2.90. The normalized spacial score (nSPS) is 13.5. The van der Waals surface area contributed by atoms with E-state index in [0.717, 1.165) is 0 Å². The van der Waals surface area contributed by atoms with Crippen LogP contribution >= 0.6 is 23.2 Å². The molecule has 3 N–H and O–H groups in total. The van der Waals surface area contributed by atoms with Gasteiger partial charge in [0.15, 0.2) is 0 Å². The lowest BCUT2D eigenvalue weighted by atomic mass is 9.93. The number of carbonyl (C=O) groups excluding carboxylic acids is 4. The summed E-state index contributed by atoms with van der Waals surface area (Å²) in [6.07, 6.45) is 2.66. The third-order valence-corrected chi connectivity index (χ3v) is 6.65. The molecule has 7 nitrogen and oxygen atoms in total. The molecule has 2 aromatic carbocycles. The Morgan fingerprint density at radius 1 is 0.927 bits per heavy atom. The monoisotopic (exact) mass is 609 g/mol. The lowest BCUT2D eigenvalue weighted by Gasteiger charge is -2.28. The van der Waals surface area contributed by atoms with Crippen LogP contribution in [0.25, 0.3) is 6.08 Å². The molecule has 0 aliphatic carbocycles. The van der Waals surface area contributed by atoms with Crippen molar-refractivity contribution in [2.75, 3.05) is 6.54 Å². The van der Waals surface area contributed by atoms with E-state index < -0.39 is 52.8 Å². The summed E-state index contributed by atoms with van der Waals surface area (Å²) in [6.45, 7) is 8.09. The highest BCUT2D eigenvalue weighted by Crippen LogP contribution is 2.24. The highest BCUT2D eigenvalue weighted by atomic mass is 35.5. The zero-order valence-electron chi connectivity index (χ0n) is 23.6. The van der Waals surface area contributed by atoms with E-state index in [2.05, 4.69) is 16.0 Å². The minimum absolute atomic E-state index is 0.0144. The van der Waals surface area contributed by atoms with Gasteiger partial charge in [-0.1, -0.05) is 94.2 Å². The van der Waals surface area contributed by atoms with Crippen molar-refractivity contribution in [3.05, 3.63) is 75.8 Å². The standard InChI is InChI=1S/C30H35Cl2F2N3O4/c1-18(2)25(26(39)30(33,34)28(41)35-17-29(3,4)5)37-27(40)23(16-19-9-7-6-8-10-19)36-24(38)14-12-20-11-13-21(31)22(32)15-20/h6-15,18,23,25H,16-17H2,1-5H3,(H,35,41)(H,36,38)(H,37,40)/b14-12+. The Morgan fingerprint density at radius 2 is 1.56 bits per heavy atom. The molecule has 0 aliphatic rings. The number of halogens is 4. The quantitative estimate of drug-likeness (QED) is 0.226. The Kier molecular flexibility index (Phi) is 12.0. The number of benzene rings is 2. The van der Waals surface area contributed by atoms with Gasteiger partial charge in [0, 0.05) is 19.0 Å². The number of amides is 3. The maximum absolute atomic E-state index is 14.9. The molecule has 222 valence electrons. The molecular formula is C30H35Cl2F2N3O4. The molecule has 0 aliphatic heterocycles. The second-order valence-corrected chi connectivity index (χ2v) is 12.0. The molecule has 2 atom stereocenters. The average molecular weight is 611 g/mol. The fourth-order valence-corrected chi connectivity index (χ4v) is 3.93. The highest BCUT2D eigenvalue weighted by molar-refractivity contribution is 6.42. The minimum Gasteiger partial charge on any atom is -0.350 e. The van der Waals surface area contributed by atoms with Gasteiger partial charge in [-0.05, 0) is 40.7 Å². The number of carbonyl (C=O) groups is 4. The predicted molar refractivity (Wildman–Crippen MR) is 157 cm³/mol. The summed E-state index contributed by atoms with van der Waals surface area (Å²) in [4.78, 5) is 51.2. The Bertz CT molecular complexity index is 1280. The molecular weight excluding hydrogens is 575 g/mol. The van der Waals surface area contributed by atoms with Crippen LogP contribution < -0.4 is 16.0 Å². The maximum Gasteiger partial charge on any atom is 0.383 e. The molecule has 0 aromatic heterocycles. The summed E-state index contributed by atoms with van der Waals surface area (Å²) in [6, 6.07) is 10.6. The van der Waals surface area contributed by atoms with E-state index in [1.54, 1.807) is 69.3 Å². The van der Waals surface area contributed by atoms with Gasteiger partial charge in [-0.25, -0.2) is 0 Å².